The van der Waals surface area contributed by atoms with Crippen LogP contribution in [0, 0.1) is 0 Å². The number of hydrogen-bond donors (Lipinski definition) is 1. The second kappa shape index (κ2) is 28.3. The van der Waals surface area contributed by atoms with Crippen LogP contribution in [0.1, 0.15) is 122 Å². The van der Waals surface area contributed by atoms with Crippen LogP contribution < -0.4 is 5.73 Å². The first-order valence-electron chi connectivity index (χ1n) is 11.3. The van der Waals surface area contributed by atoms with Gasteiger partial charge in [0.05, 0.1) is 0 Å². The number of unbranched alkanes of at least 4 members (excludes halogenated alkanes) is 16. The summed E-state index contributed by atoms with van der Waals surface area (Å²) in [6, 6.07) is 0. The van der Waals surface area contributed by atoms with Crippen LogP contribution in [0.3, 0.4) is 0 Å². The van der Waals surface area contributed by atoms with Gasteiger partial charge in [-0.3, -0.25) is 0 Å². The number of rotatable bonds is 19. The molecule has 0 spiro atoms. The summed E-state index contributed by atoms with van der Waals surface area (Å²) in [6.45, 7) is 9.15. The molecule has 0 fully saturated rings. The van der Waals surface area contributed by atoms with E-state index >= 15 is 0 Å². The van der Waals surface area contributed by atoms with Gasteiger partial charge in [-0.05, 0) is 38.6 Å². The highest BCUT2D eigenvalue weighted by Crippen LogP contribution is 2.12. The van der Waals surface area contributed by atoms with E-state index in [2.05, 4.69) is 32.2 Å². The normalized spacial score (nSPS) is 10.8. The lowest BCUT2D eigenvalue weighted by atomic mass is 10.1. The summed E-state index contributed by atoms with van der Waals surface area (Å²) in [7, 11) is 0. The summed E-state index contributed by atoms with van der Waals surface area (Å²) in [4.78, 5) is 0. The summed E-state index contributed by atoms with van der Waals surface area (Å²) >= 11 is 0. The fraction of sp³-hybridized carbons (Fsp3) is 0.833. The Morgan fingerprint density at radius 3 is 1.20 bits per heavy atom. The Bertz CT molecular complexity index is 234. The first-order chi connectivity index (χ1) is 12.4. The molecule has 25 heavy (non-hydrogen) atoms. The first-order valence-corrected chi connectivity index (χ1v) is 11.3. The third kappa shape index (κ3) is 28.5. The SMILES string of the molecule is C=C.CCCCCCCC/C=C\CCCCCCCCCCCCN. The standard InChI is InChI=1S/C22H45N.C2H4/c1-2-3-4-5-6-7-8-9-10-11-12-13-14-15-16-17-18-19-20-21-22-23;1-2/h9-10H,2-8,11-23H2,1H3;1-2H2/b10-9-;. The second-order valence-electron chi connectivity index (χ2n) is 7.14. The van der Waals surface area contributed by atoms with Crippen LogP contribution in [-0.2, 0) is 0 Å². The zero-order chi connectivity index (χ0) is 18.8. The van der Waals surface area contributed by atoms with Crippen molar-refractivity contribution in [1.29, 1.82) is 0 Å². The van der Waals surface area contributed by atoms with Crippen molar-refractivity contribution in [2.75, 3.05) is 6.54 Å². The van der Waals surface area contributed by atoms with Crippen LogP contribution in [0.25, 0.3) is 0 Å². The largest absolute Gasteiger partial charge is 0.330 e. The highest BCUT2D eigenvalue weighted by molar-refractivity contribution is 4.81. The monoisotopic (exact) mass is 351 g/mol. The molecule has 150 valence electrons. The minimum atomic E-state index is 0.868. The number of nitrogens with two attached hydrogens (primary N) is 1. The third-order valence-electron chi connectivity index (χ3n) is 4.72. The molecular formula is C24H49N. The van der Waals surface area contributed by atoms with Crippen molar-refractivity contribution < 1.29 is 0 Å². The average molecular weight is 352 g/mol. The molecule has 0 radical (unpaired) electrons. The molecule has 1 nitrogen and oxygen atoms in total. The second-order valence-corrected chi connectivity index (χ2v) is 7.14. The summed E-state index contributed by atoms with van der Waals surface area (Å²) in [5, 5.41) is 0. The van der Waals surface area contributed by atoms with Crippen LogP contribution in [0.2, 0.25) is 0 Å². The molecule has 0 aliphatic carbocycles. The van der Waals surface area contributed by atoms with Crippen molar-refractivity contribution in [3.63, 3.8) is 0 Å². The lowest BCUT2D eigenvalue weighted by Gasteiger charge is -2.01. The summed E-state index contributed by atoms with van der Waals surface area (Å²) in [5.41, 5.74) is 5.50. The van der Waals surface area contributed by atoms with E-state index in [0.717, 1.165) is 6.54 Å². The molecule has 0 saturated carbocycles. The molecular weight excluding hydrogens is 302 g/mol. The van der Waals surface area contributed by atoms with E-state index in [1.54, 1.807) is 0 Å². The Hall–Kier alpha value is -0.560. The molecule has 0 aromatic heterocycles. The maximum absolute atomic E-state index is 5.50. The quantitative estimate of drug-likeness (QED) is 0.184. The van der Waals surface area contributed by atoms with Crippen molar-refractivity contribution in [2.24, 2.45) is 5.73 Å². The molecule has 0 aromatic rings. The van der Waals surface area contributed by atoms with Crippen molar-refractivity contribution in [3.8, 4) is 0 Å². The van der Waals surface area contributed by atoms with Gasteiger partial charge in [0, 0.05) is 0 Å². The highest BCUT2D eigenvalue weighted by atomic mass is 14.5. The molecule has 0 heterocycles. The Balaban J connectivity index is 0. The Morgan fingerprint density at radius 2 is 0.840 bits per heavy atom. The van der Waals surface area contributed by atoms with Crippen molar-refractivity contribution >= 4 is 0 Å². The number of hydrogen-bond acceptors (Lipinski definition) is 1. The maximum atomic E-state index is 5.50. The molecule has 1 heteroatoms. The van der Waals surface area contributed by atoms with Crippen LogP contribution in [0.15, 0.2) is 25.3 Å². The van der Waals surface area contributed by atoms with Crippen LogP contribution in [0.4, 0.5) is 0 Å². The fourth-order valence-corrected chi connectivity index (χ4v) is 3.10. The van der Waals surface area contributed by atoms with Gasteiger partial charge >= 0.3 is 0 Å². The number of allylic oxidation sites excluding steroid dienone is 2. The van der Waals surface area contributed by atoms with Crippen molar-refractivity contribution in [2.45, 2.75) is 122 Å². The van der Waals surface area contributed by atoms with E-state index in [9.17, 15) is 0 Å². The summed E-state index contributed by atoms with van der Waals surface area (Å²) < 4.78 is 0. The molecule has 2 N–H and O–H groups in total. The highest BCUT2D eigenvalue weighted by Gasteiger charge is 1.92. The van der Waals surface area contributed by atoms with Crippen LogP contribution >= 0.6 is 0 Å². The minimum absolute atomic E-state index is 0.868. The topological polar surface area (TPSA) is 26.0 Å². The Morgan fingerprint density at radius 1 is 0.520 bits per heavy atom. The molecule has 0 rings (SSSR count). The zero-order valence-corrected chi connectivity index (χ0v) is 17.6. The summed E-state index contributed by atoms with van der Waals surface area (Å²) in [6.07, 6.45) is 29.8. The predicted molar refractivity (Wildman–Crippen MR) is 118 cm³/mol. The molecule has 0 bridgehead atoms. The van der Waals surface area contributed by atoms with E-state index < -0.39 is 0 Å². The Kier molecular flexibility index (Phi) is 30.1. The fourth-order valence-electron chi connectivity index (χ4n) is 3.10. The van der Waals surface area contributed by atoms with Gasteiger partial charge in [0.2, 0.25) is 0 Å². The average Bonchev–Trinajstić information content (AvgIpc) is 2.65. The molecule has 0 atom stereocenters. The Labute approximate surface area is 160 Å². The van der Waals surface area contributed by atoms with E-state index in [4.69, 9.17) is 5.73 Å². The first kappa shape index (κ1) is 26.7. The maximum Gasteiger partial charge on any atom is -0.00773 e. The van der Waals surface area contributed by atoms with Gasteiger partial charge in [-0.1, -0.05) is 103 Å². The van der Waals surface area contributed by atoms with Gasteiger partial charge < -0.3 is 5.73 Å². The molecule has 0 aromatic carbocycles. The minimum Gasteiger partial charge on any atom is -0.330 e. The third-order valence-corrected chi connectivity index (χ3v) is 4.72. The van der Waals surface area contributed by atoms with Gasteiger partial charge in [0.25, 0.3) is 0 Å². The summed E-state index contributed by atoms with van der Waals surface area (Å²) in [5.74, 6) is 0. The molecule has 0 saturated heterocycles. The van der Waals surface area contributed by atoms with Crippen molar-refractivity contribution in [1.82, 2.24) is 0 Å². The van der Waals surface area contributed by atoms with E-state index in [0.29, 0.717) is 0 Å². The van der Waals surface area contributed by atoms with Gasteiger partial charge in [-0.25, -0.2) is 0 Å². The molecule has 0 amide bonds. The molecule has 0 aliphatic heterocycles. The zero-order valence-electron chi connectivity index (χ0n) is 17.6. The van der Waals surface area contributed by atoms with Gasteiger partial charge in [0.1, 0.15) is 0 Å². The van der Waals surface area contributed by atoms with Gasteiger partial charge in [-0.2, -0.15) is 0 Å². The predicted octanol–water partition coefficient (Wildman–Crippen LogP) is 8.35. The molecule has 0 aliphatic rings. The van der Waals surface area contributed by atoms with Gasteiger partial charge in [0.15, 0.2) is 0 Å². The smallest absolute Gasteiger partial charge is 0.00773 e. The lowest BCUT2D eigenvalue weighted by Crippen LogP contribution is -1.97. The van der Waals surface area contributed by atoms with E-state index in [1.165, 1.54) is 116 Å². The van der Waals surface area contributed by atoms with Gasteiger partial charge in [-0.15, -0.1) is 13.2 Å². The van der Waals surface area contributed by atoms with Crippen molar-refractivity contribution in [3.05, 3.63) is 25.3 Å². The van der Waals surface area contributed by atoms with Crippen LogP contribution in [0.5, 0.6) is 0 Å². The lowest BCUT2D eigenvalue weighted by molar-refractivity contribution is 0.554. The van der Waals surface area contributed by atoms with E-state index in [-0.39, 0.29) is 0 Å². The molecule has 0 unspecified atom stereocenters. The van der Waals surface area contributed by atoms with E-state index in [1.807, 2.05) is 0 Å². The van der Waals surface area contributed by atoms with Crippen LogP contribution in [-0.4, -0.2) is 6.54 Å².